The predicted molar refractivity (Wildman–Crippen MR) is 59.8 cm³/mol. The first-order chi connectivity index (χ1) is 5.31. The van der Waals surface area contributed by atoms with Crippen LogP contribution in [0, 0.1) is 16.7 Å². The average Bonchev–Trinajstić information content (AvgIpc) is 2.18. The summed E-state index contributed by atoms with van der Waals surface area (Å²) in [6.45, 7) is 7.27. The van der Waals surface area contributed by atoms with Gasteiger partial charge in [-0.05, 0) is 36.0 Å². The lowest BCUT2D eigenvalue weighted by Crippen LogP contribution is -2.38. The summed E-state index contributed by atoms with van der Waals surface area (Å²) >= 11 is 7.70. The summed E-state index contributed by atoms with van der Waals surface area (Å²) in [4.78, 5) is 0. The summed E-state index contributed by atoms with van der Waals surface area (Å²) in [7, 11) is 0. The van der Waals surface area contributed by atoms with Crippen molar-refractivity contribution >= 4 is 31.9 Å². The van der Waals surface area contributed by atoms with Crippen LogP contribution in [-0.4, -0.2) is 3.23 Å². The van der Waals surface area contributed by atoms with Crippen LogP contribution in [0.1, 0.15) is 40.0 Å². The molecular formula is C10H16Br2. The lowest BCUT2D eigenvalue weighted by atomic mass is 9.71. The molecule has 0 radical (unpaired) electrons. The molecule has 2 unspecified atom stereocenters. The lowest BCUT2D eigenvalue weighted by molar-refractivity contribution is 0.152. The van der Waals surface area contributed by atoms with Crippen LogP contribution in [0.3, 0.4) is 0 Å². The second-order valence-corrected chi connectivity index (χ2v) is 8.97. The Morgan fingerprint density at radius 1 is 1.17 bits per heavy atom. The van der Waals surface area contributed by atoms with Gasteiger partial charge in [-0.3, -0.25) is 0 Å². The number of fused-ring (bicyclic) bond motifs is 2. The van der Waals surface area contributed by atoms with Gasteiger partial charge in [-0.2, -0.15) is 0 Å². The minimum absolute atomic E-state index is 0.208. The monoisotopic (exact) mass is 294 g/mol. The summed E-state index contributed by atoms with van der Waals surface area (Å²) < 4.78 is 0.208. The minimum atomic E-state index is 0.208. The van der Waals surface area contributed by atoms with Crippen LogP contribution in [-0.2, 0) is 0 Å². The van der Waals surface area contributed by atoms with E-state index in [0.29, 0.717) is 10.8 Å². The highest BCUT2D eigenvalue weighted by Gasteiger charge is 2.66. The molecule has 2 saturated carbocycles. The zero-order valence-electron chi connectivity index (χ0n) is 7.95. The van der Waals surface area contributed by atoms with Crippen molar-refractivity contribution in [1.82, 2.24) is 0 Å². The van der Waals surface area contributed by atoms with Crippen LogP contribution in [0.4, 0.5) is 0 Å². The average molecular weight is 296 g/mol. The summed E-state index contributed by atoms with van der Waals surface area (Å²) in [5, 5.41) is 0. The number of rotatable bonds is 0. The molecule has 2 bridgehead atoms. The van der Waals surface area contributed by atoms with E-state index in [1.165, 1.54) is 19.3 Å². The molecule has 2 aliphatic carbocycles. The second-order valence-electron chi connectivity index (χ2n) is 5.20. The van der Waals surface area contributed by atoms with Gasteiger partial charge in [-0.25, -0.2) is 0 Å². The molecule has 0 nitrogen and oxygen atoms in total. The Morgan fingerprint density at radius 3 is 1.92 bits per heavy atom. The fourth-order valence-electron chi connectivity index (χ4n) is 3.14. The van der Waals surface area contributed by atoms with E-state index in [-0.39, 0.29) is 3.23 Å². The Bertz CT molecular complexity index is 220. The predicted octanol–water partition coefficient (Wildman–Crippen LogP) is 4.32. The fourth-order valence-corrected chi connectivity index (χ4v) is 5.34. The molecule has 12 heavy (non-hydrogen) atoms. The van der Waals surface area contributed by atoms with Crippen molar-refractivity contribution in [2.45, 2.75) is 43.3 Å². The maximum atomic E-state index is 3.85. The zero-order chi connectivity index (χ0) is 9.20. The number of alkyl halides is 2. The molecule has 2 rings (SSSR count). The van der Waals surface area contributed by atoms with Gasteiger partial charge in [0.1, 0.15) is 0 Å². The van der Waals surface area contributed by atoms with Crippen LogP contribution < -0.4 is 0 Å². The highest BCUT2D eigenvalue weighted by molar-refractivity contribution is 9.25. The largest absolute Gasteiger partial charge is 0.0866 e. The van der Waals surface area contributed by atoms with Crippen molar-refractivity contribution in [2.24, 2.45) is 16.7 Å². The van der Waals surface area contributed by atoms with Crippen LogP contribution in [0.25, 0.3) is 0 Å². The Balaban J connectivity index is 2.47. The summed E-state index contributed by atoms with van der Waals surface area (Å²) in [6.07, 6.45) is 4.07. The Kier molecular flexibility index (Phi) is 1.83. The number of halogens is 2. The molecule has 0 heterocycles. The topological polar surface area (TPSA) is 0 Å². The summed E-state index contributed by atoms with van der Waals surface area (Å²) in [6, 6.07) is 0. The Morgan fingerprint density at radius 2 is 1.75 bits per heavy atom. The van der Waals surface area contributed by atoms with Gasteiger partial charge in [0.15, 0.2) is 0 Å². The van der Waals surface area contributed by atoms with E-state index in [1.54, 1.807) is 0 Å². The van der Waals surface area contributed by atoms with Crippen molar-refractivity contribution in [2.75, 3.05) is 0 Å². The maximum Gasteiger partial charge on any atom is 0.0866 e. The second kappa shape index (κ2) is 2.31. The fraction of sp³-hybridized carbons (Fsp3) is 1.00. The molecule has 2 heteroatoms. The van der Waals surface area contributed by atoms with Crippen LogP contribution >= 0.6 is 31.9 Å². The summed E-state index contributed by atoms with van der Waals surface area (Å²) in [5.41, 5.74) is 0.935. The van der Waals surface area contributed by atoms with Crippen molar-refractivity contribution in [3.8, 4) is 0 Å². The van der Waals surface area contributed by atoms with Crippen molar-refractivity contribution in [3.05, 3.63) is 0 Å². The molecule has 0 aromatic carbocycles. The van der Waals surface area contributed by atoms with Gasteiger partial charge in [0.2, 0.25) is 0 Å². The molecule has 0 spiro atoms. The standard InChI is InChI=1S/C10H16Br2/c1-8(2)7-4-5-9(8,3)10(11,12)6-7/h7H,4-6H2,1-3H3. The third-order valence-corrected chi connectivity index (χ3v) is 7.14. The van der Waals surface area contributed by atoms with Gasteiger partial charge in [0.25, 0.3) is 0 Å². The smallest absolute Gasteiger partial charge is 0.0721 e. The van der Waals surface area contributed by atoms with Crippen molar-refractivity contribution < 1.29 is 0 Å². The van der Waals surface area contributed by atoms with E-state index >= 15 is 0 Å². The molecular weight excluding hydrogens is 280 g/mol. The van der Waals surface area contributed by atoms with Gasteiger partial charge >= 0.3 is 0 Å². The van der Waals surface area contributed by atoms with Crippen molar-refractivity contribution in [1.29, 1.82) is 0 Å². The normalized spacial score (nSPS) is 48.2. The SMILES string of the molecule is CC1(C)C2CCC1(C)C(Br)(Br)C2. The van der Waals surface area contributed by atoms with E-state index in [0.717, 1.165) is 5.92 Å². The van der Waals surface area contributed by atoms with E-state index in [1.807, 2.05) is 0 Å². The lowest BCUT2D eigenvalue weighted by Gasteiger charge is -2.41. The molecule has 70 valence electrons. The Hall–Kier alpha value is 0.960. The van der Waals surface area contributed by atoms with Gasteiger partial charge in [-0.1, -0.05) is 52.6 Å². The van der Waals surface area contributed by atoms with Crippen molar-refractivity contribution in [3.63, 3.8) is 0 Å². The van der Waals surface area contributed by atoms with Gasteiger partial charge in [0.05, 0.1) is 3.23 Å². The first kappa shape index (κ1) is 9.51. The Labute approximate surface area is 91.7 Å². The number of hydrogen-bond acceptors (Lipinski definition) is 0. The molecule has 0 amide bonds. The highest BCUT2D eigenvalue weighted by Crippen LogP contribution is 2.74. The molecule has 0 N–H and O–H groups in total. The molecule has 2 fully saturated rings. The quantitative estimate of drug-likeness (QED) is 0.584. The van der Waals surface area contributed by atoms with Gasteiger partial charge in [-0.15, -0.1) is 0 Å². The zero-order valence-corrected chi connectivity index (χ0v) is 11.1. The summed E-state index contributed by atoms with van der Waals surface area (Å²) in [5.74, 6) is 0.904. The molecule has 2 atom stereocenters. The molecule has 0 aromatic heterocycles. The van der Waals surface area contributed by atoms with Crippen LogP contribution in [0.2, 0.25) is 0 Å². The highest BCUT2D eigenvalue weighted by atomic mass is 79.9. The minimum Gasteiger partial charge on any atom is -0.0721 e. The van der Waals surface area contributed by atoms with E-state index in [9.17, 15) is 0 Å². The molecule has 0 saturated heterocycles. The van der Waals surface area contributed by atoms with Crippen LogP contribution in [0.15, 0.2) is 0 Å². The van der Waals surface area contributed by atoms with E-state index in [4.69, 9.17) is 0 Å². The first-order valence-corrected chi connectivity index (χ1v) is 6.28. The van der Waals surface area contributed by atoms with Gasteiger partial charge < -0.3 is 0 Å². The first-order valence-electron chi connectivity index (χ1n) is 4.69. The van der Waals surface area contributed by atoms with E-state index < -0.39 is 0 Å². The maximum absolute atomic E-state index is 3.85. The van der Waals surface area contributed by atoms with Gasteiger partial charge in [0, 0.05) is 0 Å². The third kappa shape index (κ3) is 0.841. The molecule has 0 aromatic rings. The molecule has 0 aliphatic heterocycles. The number of hydrogen-bond donors (Lipinski definition) is 0. The molecule has 2 aliphatic rings. The van der Waals surface area contributed by atoms with Crippen LogP contribution in [0.5, 0.6) is 0 Å². The van der Waals surface area contributed by atoms with E-state index in [2.05, 4.69) is 52.6 Å². The third-order valence-electron chi connectivity index (χ3n) is 4.75.